The highest BCUT2D eigenvalue weighted by Gasteiger charge is 2.20. The number of hydrogen-bond acceptors (Lipinski definition) is 6. The van der Waals surface area contributed by atoms with E-state index in [4.69, 9.17) is 9.47 Å². The molecule has 0 aliphatic carbocycles. The van der Waals surface area contributed by atoms with Crippen LogP contribution in [0.4, 0.5) is 5.69 Å². The zero-order valence-corrected chi connectivity index (χ0v) is 15.6. The Kier molecular flexibility index (Phi) is 5.18. The summed E-state index contributed by atoms with van der Waals surface area (Å²) in [5.74, 6) is -0.297. The first-order valence-electron chi connectivity index (χ1n) is 7.67. The highest BCUT2D eigenvalue weighted by Crippen LogP contribution is 2.38. The van der Waals surface area contributed by atoms with Crippen LogP contribution in [0.3, 0.4) is 0 Å². The van der Waals surface area contributed by atoms with E-state index in [0.717, 1.165) is 0 Å². The van der Waals surface area contributed by atoms with Gasteiger partial charge in [-0.05, 0) is 24.3 Å². The SMILES string of the molecule is COC(=O)c1ccc(Oc2ccc(Br)cc2[N+](=O)[O-])c2cccc(C=O)c12. The molecule has 0 aliphatic heterocycles. The molecule has 0 amide bonds. The first-order chi connectivity index (χ1) is 13.0. The summed E-state index contributed by atoms with van der Waals surface area (Å²) in [7, 11) is 1.24. The Bertz CT molecular complexity index is 1080. The summed E-state index contributed by atoms with van der Waals surface area (Å²) in [5, 5.41) is 12.1. The summed E-state index contributed by atoms with van der Waals surface area (Å²) in [5.41, 5.74) is 0.262. The third kappa shape index (κ3) is 3.52. The number of rotatable bonds is 5. The predicted molar refractivity (Wildman–Crippen MR) is 102 cm³/mol. The van der Waals surface area contributed by atoms with Gasteiger partial charge in [0.05, 0.1) is 17.6 Å². The van der Waals surface area contributed by atoms with Gasteiger partial charge in [-0.15, -0.1) is 0 Å². The van der Waals surface area contributed by atoms with Crippen LogP contribution < -0.4 is 4.74 Å². The van der Waals surface area contributed by atoms with Gasteiger partial charge in [0.2, 0.25) is 5.75 Å². The summed E-state index contributed by atoms with van der Waals surface area (Å²) < 4.78 is 11.1. The highest BCUT2D eigenvalue weighted by atomic mass is 79.9. The maximum absolute atomic E-state index is 12.1. The lowest BCUT2D eigenvalue weighted by Gasteiger charge is -2.13. The van der Waals surface area contributed by atoms with Crippen LogP contribution in [0.2, 0.25) is 0 Å². The molecule has 3 rings (SSSR count). The molecule has 136 valence electrons. The van der Waals surface area contributed by atoms with Gasteiger partial charge in [-0.2, -0.15) is 0 Å². The van der Waals surface area contributed by atoms with Gasteiger partial charge in [-0.3, -0.25) is 14.9 Å². The number of halogens is 1. The minimum atomic E-state index is -0.601. The number of carbonyl (C=O) groups is 2. The molecule has 0 heterocycles. The maximum atomic E-state index is 12.1. The van der Waals surface area contributed by atoms with Crippen molar-refractivity contribution in [3.63, 3.8) is 0 Å². The van der Waals surface area contributed by atoms with Gasteiger partial charge in [0, 0.05) is 26.9 Å². The van der Waals surface area contributed by atoms with E-state index in [1.165, 1.54) is 31.4 Å². The van der Waals surface area contributed by atoms with Gasteiger partial charge < -0.3 is 9.47 Å². The van der Waals surface area contributed by atoms with Gasteiger partial charge in [-0.25, -0.2) is 4.79 Å². The number of nitro groups is 1. The predicted octanol–water partition coefficient (Wildman–Crippen LogP) is 4.90. The van der Waals surface area contributed by atoms with Crippen molar-refractivity contribution < 1.29 is 24.0 Å². The summed E-state index contributed by atoms with van der Waals surface area (Å²) in [6.45, 7) is 0. The number of aldehydes is 1. The van der Waals surface area contributed by atoms with Crippen molar-refractivity contribution in [2.45, 2.75) is 0 Å². The molecule has 7 nitrogen and oxygen atoms in total. The van der Waals surface area contributed by atoms with Crippen molar-refractivity contribution in [2.24, 2.45) is 0 Å². The quantitative estimate of drug-likeness (QED) is 0.247. The second-order valence-corrected chi connectivity index (χ2v) is 6.38. The van der Waals surface area contributed by atoms with Crippen LogP contribution in [-0.4, -0.2) is 24.3 Å². The van der Waals surface area contributed by atoms with Crippen LogP contribution in [0.25, 0.3) is 10.8 Å². The largest absolute Gasteiger partial charge is 0.465 e. The van der Waals surface area contributed by atoms with Gasteiger partial charge in [0.1, 0.15) is 5.75 Å². The van der Waals surface area contributed by atoms with Crippen molar-refractivity contribution in [1.82, 2.24) is 0 Å². The Morgan fingerprint density at radius 1 is 1.15 bits per heavy atom. The molecule has 0 N–H and O–H groups in total. The van der Waals surface area contributed by atoms with Crippen molar-refractivity contribution in [3.05, 3.63) is 74.2 Å². The second kappa shape index (κ2) is 7.55. The smallest absolute Gasteiger partial charge is 0.338 e. The second-order valence-electron chi connectivity index (χ2n) is 5.46. The lowest BCUT2D eigenvalue weighted by Crippen LogP contribution is -2.04. The van der Waals surface area contributed by atoms with E-state index in [-0.39, 0.29) is 28.3 Å². The van der Waals surface area contributed by atoms with Gasteiger partial charge >= 0.3 is 11.7 Å². The zero-order valence-electron chi connectivity index (χ0n) is 14.0. The number of fused-ring (bicyclic) bond motifs is 1. The van der Waals surface area contributed by atoms with Crippen molar-refractivity contribution >= 4 is 44.6 Å². The Morgan fingerprint density at radius 2 is 1.89 bits per heavy atom. The van der Waals surface area contributed by atoms with E-state index in [9.17, 15) is 19.7 Å². The van der Waals surface area contributed by atoms with Crippen LogP contribution >= 0.6 is 15.9 Å². The number of ether oxygens (including phenoxy) is 2. The third-order valence-electron chi connectivity index (χ3n) is 3.90. The normalized spacial score (nSPS) is 10.4. The zero-order chi connectivity index (χ0) is 19.6. The fourth-order valence-corrected chi connectivity index (χ4v) is 3.06. The number of carbonyl (C=O) groups excluding carboxylic acids is 2. The number of nitro benzene ring substituents is 1. The molecule has 0 atom stereocenters. The molecule has 8 heteroatoms. The van der Waals surface area contributed by atoms with Crippen LogP contribution in [0, 0.1) is 10.1 Å². The van der Waals surface area contributed by atoms with E-state index in [2.05, 4.69) is 15.9 Å². The Hall–Kier alpha value is -3.26. The highest BCUT2D eigenvalue weighted by molar-refractivity contribution is 9.10. The average Bonchev–Trinajstić information content (AvgIpc) is 2.68. The lowest BCUT2D eigenvalue weighted by atomic mass is 9.99. The van der Waals surface area contributed by atoms with Crippen LogP contribution in [-0.2, 0) is 4.74 Å². The monoisotopic (exact) mass is 429 g/mol. The summed E-state index contributed by atoms with van der Waals surface area (Å²) in [4.78, 5) is 34.3. The Labute approximate surface area is 161 Å². The fourth-order valence-electron chi connectivity index (χ4n) is 2.71. The number of hydrogen-bond donors (Lipinski definition) is 0. The molecule has 0 spiro atoms. The summed E-state index contributed by atoms with van der Waals surface area (Å²) in [6, 6.07) is 12.2. The summed E-state index contributed by atoms with van der Waals surface area (Å²) >= 11 is 3.19. The Morgan fingerprint density at radius 3 is 2.56 bits per heavy atom. The fraction of sp³-hybridized carbons (Fsp3) is 0.0526. The molecule has 0 aliphatic rings. The van der Waals surface area contributed by atoms with E-state index < -0.39 is 10.9 Å². The standard InChI is InChI=1S/C19H12BrNO6/c1-26-19(23)14-6-8-16(13-4-2-3-11(10-22)18(13)14)27-17-7-5-12(20)9-15(17)21(24)25/h2-10H,1H3. The first kappa shape index (κ1) is 18.5. The van der Waals surface area contributed by atoms with E-state index in [1.807, 2.05) is 0 Å². The van der Waals surface area contributed by atoms with Crippen LogP contribution in [0.15, 0.2) is 53.0 Å². The molecule has 0 saturated carbocycles. The molecule has 0 saturated heterocycles. The number of methoxy groups -OCH3 is 1. The van der Waals surface area contributed by atoms with Crippen LogP contribution in [0.5, 0.6) is 11.5 Å². The molecular weight excluding hydrogens is 418 g/mol. The van der Waals surface area contributed by atoms with E-state index >= 15 is 0 Å². The van der Waals surface area contributed by atoms with Crippen molar-refractivity contribution in [2.75, 3.05) is 7.11 Å². The number of nitrogens with zero attached hydrogens (tertiary/aromatic N) is 1. The maximum Gasteiger partial charge on any atom is 0.338 e. The summed E-state index contributed by atoms with van der Waals surface area (Å²) in [6.07, 6.45) is 0.626. The molecule has 0 fully saturated rings. The minimum Gasteiger partial charge on any atom is -0.465 e. The first-order valence-corrected chi connectivity index (χ1v) is 8.46. The molecule has 0 radical (unpaired) electrons. The van der Waals surface area contributed by atoms with Crippen molar-refractivity contribution in [1.29, 1.82) is 0 Å². The number of esters is 1. The minimum absolute atomic E-state index is 0.0341. The average molecular weight is 430 g/mol. The van der Waals surface area contributed by atoms with Crippen molar-refractivity contribution in [3.8, 4) is 11.5 Å². The molecule has 3 aromatic rings. The number of benzene rings is 3. The van der Waals surface area contributed by atoms with E-state index in [0.29, 0.717) is 21.5 Å². The van der Waals surface area contributed by atoms with Gasteiger partial charge in [-0.1, -0.05) is 34.1 Å². The van der Waals surface area contributed by atoms with Gasteiger partial charge in [0.25, 0.3) is 0 Å². The molecule has 27 heavy (non-hydrogen) atoms. The topological polar surface area (TPSA) is 95.7 Å². The molecular formula is C19H12BrNO6. The van der Waals surface area contributed by atoms with Crippen LogP contribution in [0.1, 0.15) is 20.7 Å². The third-order valence-corrected chi connectivity index (χ3v) is 4.40. The molecule has 0 aromatic heterocycles. The molecule has 0 bridgehead atoms. The lowest BCUT2D eigenvalue weighted by molar-refractivity contribution is -0.385. The van der Waals surface area contributed by atoms with Gasteiger partial charge in [0.15, 0.2) is 6.29 Å². The molecule has 0 unspecified atom stereocenters. The Balaban J connectivity index is 2.22. The van der Waals surface area contributed by atoms with E-state index in [1.54, 1.807) is 24.3 Å². The molecule has 3 aromatic carbocycles.